The molecule has 1 aromatic rings. The Bertz CT molecular complexity index is 424. The molecule has 0 heterocycles. The van der Waals surface area contributed by atoms with Crippen molar-refractivity contribution < 1.29 is 9.47 Å². The van der Waals surface area contributed by atoms with Crippen LogP contribution in [0.25, 0.3) is 0 Å². The van der Waals surface area contributed by atoms with Crippen LogP contribution in [0.2, 0.25) is 0 Å². The van der Waals surface area contributed by atoms with Crippen molar-refractivity contribution in [2.75, 3.05) is 20.3 Å². The highest BCUT2D eigenvalue weighted by Crippen LogP contribution is 2.33. The van der Waals surface area contributed by atoms with E-state index < -0.39 is 0 Å². The number of ether oxygens (including phenoxy) is 2. The number of halogens is 1. The van der Waals surface area contributed by atoms with Crippen molar-refractivity contribution in [3.63, 3.8) is 0 Å². The number of hydrogen-bond donors (Lipinski definition) is 1. The Balaban J connectivity index is 2.36. The van der Waals surface area contributed by atoms with Crippen molar-refractivity contribution in [1.29, 1.82) is 0 Å². The molecular formula is C18H30BrNO2. The molecule has 0 saturated carbocycles. The quantitative estimate of drug-likeness (QED) is 0.505. The third-order valence-electron chi connectivity index (χ3n) is 3.66. The molecule has 4 heteroatoms. The second kappa shape index (κ2) is 11.8. The summed E-state index contributed by atoms with van der Waals surface area (Å²) >= 11 is 3.62. The van der Waals surface area contributed by atoms with E-state index in [1.165, 1.54) is 44.1 Å². The summed E-state index contributed by atoms with van der Waals surface area (Å²) in [6.45, 7) is 6.78. The van der Waals surface area contributed by atoms with Crippen molar-refractivity contribution in [2.24, 2.45) is 0 Å². The maximum atomic E-state index is 5.58. The Morgan fingerprint density at radius 2 is 1.73 bits per heavy atom. The Kier molecular flexibility index (Phi) is 10.3. The van der Waals surface area contributed by atoms with E-state index in [4.69, 9.17) is 9.47 Å². The second-order valence-corrected chi connectivity index (χ2v) is 6.33. The van der Waals surface area contributed by atoms with Crippen LogP contribution in [0.1, 0.15) is 57.9 Å². The summed E-state index contributed by atoms with van der Waals surface area (Å²) in [6, 6.07) is 4.04. The highest BCUT2D eigenvalue weighted by atomic mass is 79.9. The molecule has 0 aliphatic carbocycles. The number of hydrogen-bond acceptors (Lipinski definition) is 3. The second-order valence-electron chi connectivity index (χ2n) is 5.47. The third-order valence-corrected chi connectivity index (χ3v) is 4.39. The standard InChI is InChI=1S/C18H30BrNO2/c1-4-6-7-8-9-10-11-20-14-15-12-17(21-3)18(22-5-2)13-16(15)19/h12-13,20H,4-11,14H2,1-3H3. The first-order valence-corrected chi connectivity index (χ1v) is 9.22. The summed E-state index contributed by atoms with van der Waals surface area (Å²) in [5.74, 6) is 1.58. The van der Waals surface area contributed by atoms with Gasteiger partial charge in [-0.2, -0.15) is 0 Å². The lowest BCUT2D eigenvalue weighted by Crippen LogP contribution is -2.15. The van der Waals surface area contributed by atoms with Gasteiger partial charge in [-0.05, 0) is 37.6 Å². The maximum Gasteiger partial charge on any atom is 0.162 e. The topological polar surface area (TPSA) is 30.5 Å². The van der Waals surface area contributed by atoms with Crippen LogP contribution in [-0.2, 0) is 6.54 Å². The summed E-state index contributed by atoms with van der Waals surface area (Å²) in [6.07, 6.45) is 7.97. The zero-order valence-electron chi connectivity index (χ0n) is 14.2. The molecule has 3 nitrogen and oxygen atoms in total. The number of unbranched alkanes of at least 4 members (excludes halogenated alkanes) is 5. The van der Waals surface area contributed by atoms with Crippen LogP contribution >= 0.6 is 15.9 Å². The zero-order chi connectivity index (χ0) is 16.2. The van der Waals surface area contributed by atoms with E-state index >= 15 is 0 Å². The van der Waals surface area contributed by atoms with Crippen molar-refractivity contribution in [3.8, 4) is 11.5 Å². The van der Waals surface area contributed by atoms with Gasteiger partial charge in [-0.1, -0.05) is 55.0 Å². The summed E-state index contributed by atoms with van der Waals surface area (Å²) in [4.78, 5) is 0. The van der Waals surface area contributed by atoms with Gasteiger partial charge in [-0.3, -0.25) is 0 Å². The molecule has 1 aromatic carbocycles. The van der Waals surface area contributed by atoms with Crippen LogP contribution < -0.4 is 14.8 Å². The Morgan fingerprint density at radius 1 is 1.00 bits per heavy atom. The molecule has 126 valence electrons. The van der Waals surface area contributed by atoms with Crippen molar-refractivity contribution in [3.05, 3.63) is 22.2 Å². The Morgan fingerprint density at radius 3 is 2.41 bits per heavy atom. The molecule has 22 heavy (non-hydrogen) atoms. The average molecular weight is 372 g/mol. The molecule has 0 radical (unpaired) electrons. The van der Waals surface area contributed by atoms with Crippen molar-refractivity contribution >= 4 is 15.9 Å². The zero-order valence-corrected chi connectivity index (χ0v) is 15.8. The molecule has 0 fully saturated rings. The first kappa shape index (κ1) is 19.3. The smallest absolute Gasteiger partial charge is 0.162 e. The van der Waals surface area contributed by atoms with E-state index in [0.29, 0.717) is 6.61 Å². The van der Waals surface area contributed by atoms with Gasteiger partial charge in [0.1, 0.15) is 0 Å². The van der Waals surface area contributed by atoms with Gasteiger partial charge in [0.05, 0.1) is 13.7 Å². The molecule has 0 amide bonds. The van der Waals surface area contributed by atoms with Crippen LogP contribution in [-0.4, -0.2) is 20.3 Å². The number of rotatable bonds is 12. The average Bonchev–Trinajstić information content (AvgIpc) is 2.52. The van der Waals surface area contributed by atoms with Gasteiger partial charge in [0.2, 0.25) is 0 Å². The monoisotopic (exact) mass is 371 g/mol. The summed E-state index contributed by atoms with van der Waals surface area (Å²) in [5, 5.41) is 3.51. The molecule has 0 unspecified atom stereocenters. The Hall–Kier alpha value is -0.740. The fraction of sp³-hybridized carbons (Fsp3) is 0.667. The van der Waals surface area contributed by atoms with Gasteiger partial charge in [-0.15, -0.1) is 0 Å². The van der Waals surface area contributed by atoms with Crippen LogP contribution in [0.3, 0.4) is 0 Å². The summed E-state index contributed by atoms with van der Waals surface area (Å²) < 4.78 is 12.0. The van der Waals surface area contributed by atoms with E-state index in [1.54, 1.807) is 7.11 Å². The van der Waals surface area contributed by atoms with Gasteiger partial charge < -0.3 is 14.8 Å². The molecule has 1 N–H and O–H groups in total. The molecule has 0 spiro atoms. The van der Waals surface area contributed by atoms with E-state index in [2.05, 4.69) is 28.2 Å². The predicted octanol–water partition coefficient (Wildman–Crippen LogP) is 5.31. The maximum absolute atomic E-state index is 5.58. The minimum Gasteiger partial charge on any atom is -0.493 e. The lowest BCUT2D eigenvalue weighted by Gasteiger charge is -2.13. The largest absolute Gasteiger partial charge is 0.493 e. The number of benzene rings is 1. The normalized spacial score (nSPS) is 10.7. The molecule has 0 atom stereocenters. The highest BCUT2D eigenvalue weighted by Gasteiger charge is 2.09. The number of nitrogens with one attached hydrogen (secondary N) is 1. The van der Waals surface area contributed by atoms with Crippen LogP contribution in [0.5, 0.6) is 11.5 Å². The fourth-order valence-corrected chi connectivity index (χ4v) is 2.86. The van der Waals surface area contributed by atoms with Gasteiger partial charge in [-0.25, -0.2) is 0 Å². The van der Waals surface area contributed by atoms with E-state index in [9.17, 15) is 0 Å². The molecular weight excluding hydrogens is 342 g/mol. The van der Waals surface area contributed by atoms with Crippen molar-refractivity contribution in [1.82, 2.24) is 5.32 Å². The Labute approximate surface area is 143 Å². The SMILES string of the molecule is CCCCCCCCNCc1cc(OC)c(OCC)cc1Br. The number of methoxy groups -OCH3 is 1. The minimum atomic E-state index is 0.637. The highest BCUT2D eigenvalue weighted by molar-refractivity contribution is 9.10. The van der Waals surface area contributed by atoms with Gasteiger partial charge in [0, 0.05) is 11.0 Å². The van der Waals surface area contributed by atoms with Crippen LogP contribution in [0.4, 0.5) is 0 Å². The van der Waals surface area contributed by atoms with Crippen molar-refractivity contribution in [2.45, 2.75) is 58.9 Å². The first-order valence-electron chi connectivity index (χ1n) is 8.42. The fourth-order valence-electron chi connectivity index (χ4n) is 2.39. The lowest BCUT2D eigenvalue weighted by atomic mass is 10.1. The van der Waals surface area contributed by atoms with Gasteiger partial charge in [0.15, 0.2) is 11.5 Å². The third kappa shape index (κ3) is 7.01. The molecule has 0 saturated heterocycles. The summed E-state index contributed by atoms with van der Waals surface area (Å²) in [7, 11) is 1.68. The summed E-state index contributed by atoms with van der Waals surface area (Å²) in [5.41, 5.74) is 1.20. The van der Waals surface area contributed by atoms with Crippen LogP contribution in [0, 0.1) is 0 Å². The lowest BCUT2D eigenvalue weighted by molar-refractivity contribution is 0.310. The van der Waals surface area contributed by atoms with Crippen LogP contribution in [0.15, 0.2) is 16.6 Å². The molecule has 0 aliphatic rings. The van der Waals surface area contributed by atoms with E-state index in [-0.39, 0.29) is 0 Å². The molecule has 0 bridgehead atoms. The van der Waals surface area contributed by atoms with Gasteiger partial charge >= 0.3 is 0 Å². The molecule has 1 rings (SSSR count). The predicted molar refractivity (Wildman–Crippen MR) is 96.9 cm³/mol. The minimum absolute atomic E-state index is 0.637. The molecule has 0 aliphatic heterocycles. The van der Waals surface area contributed by atoms with Gasteiger partial charge in [0.25, 0.3) is 0 Å². The molecule has 0 aromatic heterocycles. The first-order chi connectivity index (χ1) is 10.7. The van der Waals surface area contributed by atoms with E-state index in [1.807, 2.05) is 19.1 Å². The van der Waals surface area contributed by atoms with E-state index in [0.717, 1.165) is 29.1 Å².